The highest BCUT2D eigenvalue weighted by Gasteiger charge is 2.42. The van der Waals surface area contributed by atoms with Gasteiger partial charge in [0.05, 0.1) is 25.1 Å². The van der Waals surface area contributed by atoms with E-state index in [1.54, 1.807) is 13.0 Å². The number of ether oxygens (including phenoxy) is 2. The van der Waals surface area contributed by atoms with E-state index in [1.165, 1.54) is 12.1 Å². The molecule has 16 heteroatoms. The van der Waals surface area contributed by atoms with Crippen LogP contribution in [-0.4, -0.2) is 33.3 Å². The first-order valence-electron chi connectivity index (χ1n) is 13.0. The first kappa shape index (κ1) is 31.3. The van der Waals surface area contributed by atoms with Crippen LogP contribution in [0.15, 0.2) is 65.7 Å². The highest BCUT2D eigenvalue weighted by Crippen LogP contribution is 2.39. The van der Waals surface area contributed by atoms with E-state index in [0.29, 0.717) is 22.4 Å². The van der Waals surface area contributed by atoms with Crippen LogP contribution < -0.4 is 15.6 Å². The van der Waals surface area contributed by atoms with Gasteiger partial charge in [-0.15, -0.1) is 0 Å². The Morgan fingerprint density at radius 2 is 1.76 bits per heavy atom. The van der Waals surface area contributed by atoms with E-state index < -0.39 is 76.5 Å². The summed E-state index contributed by atoms with van der Waals surface area (Å²) < 4.78 is 110. The van der Waals surface area contributed by atoms with Crippen LogP contribution in [0.2, 0.25) is 0 Å². The number of benzene rings is 2. The minimum absolute atomic E-state index is 0.0398. The van der Waals surface area contributed by atoms with E-state index in [2.05, 4.69) is 15.2 Å². The molecule has 1 aliphatic rings. The molecule has 2 aromatic heterocycles. The SMILES string of the molecule is COC(=O)C[C@@H]1NC(=O)[C@@H](n2ccc(C(F)(F)F)cc2=O)c2cc(ccc2F)Oc2cccc(C)c2-n2cc1c(C(F)(F)F)n2. The molecule has 236 valence electrons. The molecule has 0 fully saturated rings. The van der Waals surface area contributed by atoms with Crippen LogP contribution in [0, 0.1) is 12.7 Å². The predicted molar refractivity (Wildman–Crippen MR) is 141 cm³/mol. The van der Waals surface area contributed by atoms with E-state index in [9.17, 15) is 40.7 Å². The molecular formula is C29H21F7N4O5. The van der Waals surface area contributed by atoms with Gasteiger partial charge in [-0.3, -0.25) is 19.0 Å². The van der Waals surface area contributed by atoms with Crippen LogP contribution in [0.25, 0.3) is 5.69 Å². The molecule has 0 unspecified atom stereocenters. The minimum Gasteiger partial charge on any atom is -0.469 e. The number of pyridine rings is 1. The summed E-state index contributed by atoms with van der Waals surface area (Å²) in [4.78, 5) is 39.2. The van der Waals surface area contributed by atoms with Crippen molar-refractivity contribution in [2.75, 3.05) is 7.11 Å². The van der Waals surface area contributed by atoms with Gasteiger partial charge in [-0.05, 0) is 42.8 Å². The van der Waals surface area contributed by atoms with Gasteiger partial charge in [0.15, 0.2) is 11.4 Å². The smallest absolute Gasteiger partial charge is 0.435 e. The number of rotatable bonds is 3. The van der Waals surface area contributed by atoms with Crippen molar-refractivity contribution in [3.63, 3.8) is 0 Å². The number of fused-ring (bicyclic) bond motifs is 6. The van der Waals surface area contributed by atoms with Gasteiger partial charge in [-0.25, -0.2) is 9.07 Å². The Balaban J connectivity index is 1.81. The van der Waals surface area contributed by atoms with Gasteiger partial charge in [-0.2, -0.15) is 31.4 Å². The maximum Gasteiger partial charge on any atom is 0.435 e. The number of nitrogens with zero attached hydrogens (tertiary/aromatic N) is 3. The van der Waals surface area contributed by atoms with Gasteiger partial charge < -0.3 is 14.8 Å². The van der Waals surface area contributed by atoms with Crippen LogP contribution in [0.4, 0.5) is 30.7 Å². The van der Waals surface area contributed by atoms with Crippen molar-refractivity contribution >= 4 is 11.9 Å². The quantitative estimate of drug-likeness (QED) is 0.230. The largest absolute Gasteiger partial charge is 0.469 e. The van der Waals surface area contributed by atoms with Crippen molar-refractivity contribution < 1.29 is 49.8 Å². The second-order valence-corrected chi connectivity index (χ2v) is 9.99. The fourth-order valence-corrected chi connectivity index (χ4v) is 4.94. The summed E-state index contributed by atoms with van der Waals surface area (Å²) in [5.74, 6) is -3.66. The average molecular weight is 638 g/mol. The molecule has 4 bridgehead atoms. The Hall–Kier alpha value is -5.15. The molecule has 9 nitrogen and oxygen atoms in total. The number of para-hydroxylation sites is 1. The molecule has 0 aliphatic carbocycles. The number of aryl methyl sites for hydroxylation is 1. The van der Waals surface area contributed by atoms with Crippen LogP contribution in [0.3, 0.4) is 0 Å². The number of aromatic nitrogens is 3. The second-order valence-electron chi connectivity index (χ2n) is 9.99. The summed E-state index contributed by atoms with van der Waals surface area (Å²) in [5.41, 5.74) is -5.05. The molecular weight excluding hydrogens is 617 g/mol. The molecule has 5 rings (SSSR count). The summed E-state index contributed by atoms with van der Waals surface area (Å²) in [5, 5.41) is 5.96. The predicted octanol–water partition coefficient (Wildman–Crippen LogP) is 5.63. The molecule has 0 saturated carbocycles. The molecule has 4 aromatic rings. The lowest BCUT2D eigenvalue weighted by Crippen LogP contribution is -2.41. The fraction of sp³-hybridized carbons (Fsp3) is 0.241. The van der Waals surface area contributed by atoms with Crippen molar-refractivity contribution in [2.45, 2.75) is 37.8 Å². The maximum absolute atomic E-state index is 15.4. The Labute approximate surface area is 248 Å². The second kappa shape index (κ2) is 11.4. The van der Waals surface area contributed by atoms with E-state index >= 15 is 4.39 Å². The molecule has 1 N–H and O–H groups in total. The number of hydrogen-bond acceptors (Lipinski definition) is 6. The zero-order valence-electron chi connectivity index (χ0n) is 23.2. The number of amides is 1. The fourth-order valence-electron chi connectivity index (χ4n) is 4.94. The van der Waals surface area contributed by atoms with Crippen LogP contribution >= 0.6 is 0 Å². The van der Waals surface area contributed by atoms with Crippen LogP contribution in [-0.2, 0) is 26.7 Å². The number of methoxy groups -OCH3 is 1. The average Bonchev–Trinajstić information content (AvgIpc) is 3.40. The van der Waals surface area contributed by atoms with Crippen LogP contribution in [0.5, 0.6) is 11.5 Å². The van der Waals surface area contributed by atoms with Crippen molar-refractivity contribution in [2.24, 2.45) is 0 Å². The third-order valence-corrected chi connectivity index (χ3v) is 7.02. The zero-order valence-corrected chi connectivity index (χ0v) is 23.2. The first-order chi connectivity index (χ1) is 21.1. The molecule has 2 atom stereocenters. The summed E-state index contributed by atoms with van der Waals surface area (Å²) in [6, 6.07) is 4.31. The Bertz CT molecular complexity index is 1860. The van der Waals surface area contributed by atoms with E-state index in [-0.39, 0.29) is 23.3 Å². The monoisotopic (exact) mass is 638 g/mol. The van der Waals surface area contributed by atoms with E-state index in [0.717, 1.165) is 36.2 Å². The van der Waals surface area contributed by atoms with Gasteiger partial charge in [0.25, 0.3) is 5.56 Å². The minimum atomic E-state index is -5.11. The number of carbonyl (C=O) groups is 2. The molecule has 45 heavy (non-hydrogen) atoms. The van der Waals surface area contributed by atoms with Crippen molar-refractivity contribution in [1.29, 1.82) is 0 Å². The number of carbonyl (C=O) groups excluding carboxylic acids is 2. The zero-order chi connectivity index (χ0) is 32.8. The van der Waals surface area contributed by atoms with Crippen molar-refractivity contribution in [3.05, 3.63) is 105 Å². The third kappa shape index (κ3) is 6.12. The molecule has 2 aromatic carbocycles. The first-order valence-corrected chi connectivity index (χ1v) is 13.0. The molecule has 0 spiro atoms. The Kier molecular flexibility index (Phi) is 7.93. The van der Waals surface area contributed by atoms with Gasteiger partial charge in [-0.1, -0.05) is 12.1 Å². The number of alkyl halides is 6. The van der Waals surface area contributed by atoms with E-state index in [1.807, 2.05) is 0 Å². The molecule has 1 aliphatic heterocycles. The number of hydrogen-bond donors (Lipinski definition) is 1. The van der Waals surface area contributed by atoms with Gasteiger partial charge in [0, 0.05) is 29.6 Å². The third-order valence-electron chi connectivity index (χ3n) is 7.02. The standard InChI is InChI=1S/C29H21F7N4O5/c1-14-4-3-5-21-24(14)40-13-18(26(38-40)29(34,35)36)20(12-23(42)44-2)37-27(43)25(17-11-16(45-21)6-7-19(17)30)39-9-8-15(10-22(39)41)28(31,32)33/h3-11,13,20,25H,12H2,1-2H3,(H,37,43)/t20-,25-/m0/s1. The molecule has 1 amide bonds. The van der Waals surface area contributed by atoms with Gasteiger partial charge in [0.1, 0.15) is 23.3 Å². The number of esters is 1. The van der Waals surface area contributed by atoms with Gasteiger partial charge >= 0.3 is 18.3 Å². The van der Waals surface area contributed by atoms with Crippen molar-refractivity contribution in [3.8, 4) is 17.2 Å². The molecule has 3 heterocycles. The molecule has 0 saturated heterocycles. The van der Waals surface area contributed by atoms with E-state index in [4.69, 9.17) is 4.74 Å². The molecule has 0 radical (unpaired) electrons. The summed E-state index contributed by atoms with van der Waals surface area (Å²) in [6.45, 7) is 1.56. The van der Waals surface area contributed by atoms with Crippen LogP contribution in [0.1, 0.15) is 46.5 Å². The normalized spacial score (nSPS) is 16.8. The highest BCUT2D eigenvalue weighted by molar-refractivity contribution is 5.85. The highest BCUT2D eigenvalue weighted by atomic mass is 19.4. The lowest BCUT2D eigenvalue weighted by molar-refractivity contribution is -0.145. The summed E-state index contributed by atoms with van der Waals surface area (Å²) in [6.07, 6.45) is -9.38. The Morgan fingerprint density at radius 1 is 1.02 bits per heavy atom. The number of halogens is 7. The lowest BCUT2D eigenvalue weighted by atomic mass is 10.0. The van der Waals surface area contributed by atoms with Gasteiger partial charge in [0.2, 0.25) is 5.91 Å². The maximum atomic E-state index is 15.4. The number of nitrogens with one attached hydrogen (secondary N) is 1. The lowest BCUT2D eigenvalue weighted by Gasteiger charge is -2.25. The topological polar surface area (TPSA) is 104 Å². The summed E-state index contributed by atoms with van der Waals surface area (Å²) in [7, 11) is 0.959. The summed E-state index contributed by atoms with van der Waals surface area (Å²) >= 11 is 0. The van der Waals surface area contributed by atoms with Crippen molar-refractivity contribution in [1.82, 2.24) is 19.7 Å². The Morgan fingerprint density at radius 3 is 2.40 bits per heavy atom.